The van der Waals surface area contributed by atoms with Crippen molar-refractivity contribution in [1.29, 1.82) is 0 Å². The second-order valence-corrected chi connectivity index (χ2v) is 6.84. The Morgan fingerprint density at radius 3 is 2.60 bits per heavy atom. The summed E-state index contributed by atoms with van der Waals surface area (Å²) in [6, 6.07) is 7.09. The van der Waals surface area contributed by atoms with E-state index in [0.29, 0.717) is 0 Å². The second kappa shape index (κ2) is 4.45. The SMILES string of the molecule is CP(C)(=O)c1cccc(/C=C/C(=O)O)c1. The summed E-state index contributed by atoms with van der Waals surface area (Å²) in [7, 11) is -2.27. The molecule has 0 spiro atoms. The highest BCUT2D eigenvalue weighted by atomic mass is 31.2. The van der Waals surface area contributed by atoms with Crippen molar-refractivity contribution in [2.45, 2.75) is 0 Å². The van der Waals surface area contributed by atoms with Crippen molar-refractivity contribution in [3.05, 3.63) is 35.9 Å². The molecule has 1 rings (SSSR count). The fourth-order valence-electron chi connectivity index (χ4n) is 1.13. The van der Waals surface area contributed by atoms with Crippen molar-refractivity contribution in [3.8, 4) is 0 Å². The Hall–Kier alpha value is -1.34. The van der Waals surface area contributed by atoms with Crippen LogP contribution in [0.5, 0.6) is 0 Å². The van der Waals surface area contributed by atoms with Crippen molar-refractivity contribution < 1.29 is 14.5 Å². The predicted molar refractivity (Wildman–Crippen MR) is 62.2 cm³/mol. The summed E-state index contributed by atoms with van der Waals surface area (Å²) in [5.74, 6) is -0.989. The van der Waals surface area contributed by atoms with E-state index in [1.807, 2.05) is 0 Å². The van der Waals surface area contributed by atoms with Crippen LogP contribution >= 0.6 is 7.14 Å². The lowest BCUT2D eigenvalue weighted by Crippen LogP contribution is -2.02. The molecule has 3 nitrogen and oxygen atoms in total. The number of hydrogen-bond donors (Lipinski definition) is 1. The van der Waals surface area contributed by atoms with Crippen LogP contribution in [-0.2, 0) is 9.36 Å². The number of rotatable bonds is 3. The largest absolute Gasteiger partial charge is 0.478 e. The number of carboxylic acid groups (broad SMARTS) is 1. The van der Waals surface area contributed by atoms with Crippen molar-refractivity contribution in [2.24, 2.45) is 0 Å². The molecule has 0 saturated heterocycles. The maximum Gasteiger partial charge on any atom is 0.328 e. The molecule has 15 heavy (non-hydrogen) atoms. The van der Waals surface area contributed by atoms with Gasteiger partial charge in [0.05, 0.1) is 0 Å². The summed E-state index contributed by atoms with van der Waals surface area (Å²) < 4.78 is 11.8. The van der Waals surface area contributed by atoms with Crippen LogP contribution in [-0.4, -0.2) is 24.4 Å². The van der Waals surface area contributed by atoms with E-state index < -0.39 is 13.1 Å². The molecule has 0 aliphatic rings. The monoisotopic (exact) mass is 224 g/mol. The van der Waals surface area contributed by atoms with Crippen molar-refractivity contribution in [2.75, 3.05) is 13.3 Å². The van der Waals surface area contributed by atoms with Gasteiger partial charge in [0.2, 0.25) is 0 Å². The average molecular weight is 224 g/mol. The van der Waals surface area contributed by atoms with E-state index in [1.54, 1.807) is 37.6 Å². The van der Waals surface area contributed by atoms with Gasteiger partial charge in [-0.15, -0.1) is 0 Å². The third kappa shape index (κ3) is 3.72. The van der Waals surface area contributed by atoms with Gasteiger partial charge in [-0.3, -0.25) is 0 Å². The molecule has 1 aromatic rings. The molecule has 0 fully saturated rings. The molecule has 0 radical (unpaired) electrons. The molecule has 0 amide bonds. The number of hydrogen-bond acceptors (Lipinski definition) is 2. The molecule has 0 aliphatic heterocycles. The highest BCUT2D eigenvalue weighted by molar-refractivity contribution is 7.70. The molecule has 0 atom stereocenters. The van der Waals surface area contributed by atoms with Gasteiger partial charge in [0, 0.05) is 11.4 Å². The van der Waals surface area contributed by atoms with Crippen LogP contribution in [0.1, 0.15) is 5.56 Å². The van der Waals surface area contributed by atoms with Crippen LogP contribution in [0.3, 0.4) is 0 Å². The van der Waals surface area contributed by atoms with Gasteiger partial charge in [0.1, 0.15) is 7.14 Å². The minimum absolute atomic E-state index is 0.749. The van der Waals surface area contributed by atoms with Crippen LogP contribution in [0, 0.1) is 0 Å². The molecular weight excluding hydrogens is 211 g/mol. The summed E-state index contributed by atoms with van der Waals surface area (Å²) in [5.41, 5.74) is 0.749. The Morgan fingerprint density at radius 2 is 2.07 bits per heavy atom. The zero-order valence-electron chi connectivity index (χ0n) is 8.68. The quantitative estimate of drug-likeness (QED) is 0.631. The zero-order valence-corrected chi connectivity index (χ0v) is 9.57. The van der Waals surface area contributed by atoms with E-state index in [2.05, 4.69) is 0 Å². The first-order valence-electron chi connectivity index (χ1n) is 4.46. The van der Waals surface area contributed by atoms with Gasteiger partial charge < -0.3 is 9.67 Å². The van der Waals surface area contributed by atoms with Gasteiger partial charge in [-0.1, -0.05) is 18.2 Å². The van der Waals surface area contributed by atoms with Gasteiger partial charge in [-0.25, -0.2) is 4.79 Å². The van der Waals surface area contributed by atoms with E-state index in [1.165, 1.54) is 6.08 Å². The third-order valence-electron chi connectivity index (χ3n) is 1.91. The molecule has 0 aliphatic carbocycles. The fourth-order valence-corrected chi connectivity index (χ4v) is 2.04. The summed E-state index contributed by atoms with van der Waals surface area (Å²) in [6.45, 7) is 3.38. The molecule has 1 N–H and O–H groups in total. The normalized spacial score (nSPS) is 11.9. The highest BCUT2D eigenvalue weighted by Crippen LogP contribution is 2.34. The summed E-state index contributed by atoms with van der Waals surface area (Å²) >= 11 is 0. The van der Waals surface area contributed by atoms with Crippen LogP contribution in [0.4, 0.5) is 0 Å². The standard InChI is InChI=1S/C11H13O3P/c1-15(2,14)10-5-3-4-9(8-10)6-7-11(12)13/h3-8H,1-2H3,(H,12,13)/b7-6+. The van der Waals surface area contributed by atoms with E-state index in [4.69, 9.17) is 5.11 Å². The Kier molecular flexibility index (Phi) is 3.48. The number of aliphatic carboxylic acids is 1. The minimum Gasteiger partial charge on any atom is -0.478 e. The maximum absolute atomic E-state index is 11.8. The van der Waals surface area contributed by atoms with Crippen molar-refractivity contribution in [3.63, 3.8) is 0 Å². The molecule has 0 bridgehead atoms. The molecule has 0 aromatic heterocycles. The van der Waals surface area contributed by atoms with Crippen molar-refractivity contribution >= 4 is 24.5 Å². The molecule has 80 valence electrons. The first kappa shape index (κ1) is 11.7. The smallest absolute Gasteiger partial charge is 0.328 e. The van der Waals surface area contributed by atoms with Gasteiger partial charge in [-0.05, 0) is 31.0 Å². The second-order valence-electron chi connectivity index (χ2n) is 3.62. The predicted octanol–water partition coefficient (Wildman–Crippen LogP) is 2.03. The van der Waals surface area contributed by atoms with Crippen LogP contribution in [0.15, 0.2) is 30.3 Å². The van der Waals surface area contributed by atoms with E-state index in [-0.39, 0.29) is 0 Å². The molecule has 1 aromatic carbocycles. The van der Waals surface area contributed by atoms with Crippen LogP contribution in [0.2, 0.25) is 0 Å². The molecule has 0 unspecified atom stereocenters. The van der Waals surface area contributed by atoms with Gasteiger partial charge in [0.25, 0.3) is 0 Å². The molecule has 0 heterocycles. The first-order chi connectivity index (χ1) is 6.89. The average Bonchev–Trinajstić information content (AvgIpc) is 2.14. The Morgan fingerprint density at radius 1 is 1.40 bits per heavy atom. The Bertz CT molecular complexity index is 443. The summed E-state index contributed by atoms with van der Waals surface area (Å²) in [5, 5.41) is 9.22. The van der Waals surface area contributed by atoms with Crippen LogP contribution < -0.4 is 5.30 Å². The van der Waals surface area contributed by atoms with Gasteiger partial charge in [-0.2, -0.15) is 0 Å². The Labute approximate surface area is 88.8 Å². The zero-order chi connectivity index (χ0) is 11.5. The fraction of sp³-hybridized carbons (Fsp3) is 0.182. The number of carboxylic acids is 1. The topological polar surface area (TPSA) is 54.4 Å². The van der Waals surface area contributed by atoms with Gasteiger partial charge in [0.15, 0.2) is 0 Å². The lowest BCUT2D eigenvalue weighted by Gasteiger charge is -2.06. The summed E-state index contributed by atoms with van der Waals surface area (Å²) in [4.78, 5) is 10.3. The number of carbonyl (C=O) groups is 1. The Balaban J connectivity index is 3.04. The van der Waals surface area contributed by atoms with Crippen LogP contribution in [0.25, 0.3) is 6.08 Å². The van der Waals surface area contributed by atoms with Gasteiger partial charge >= 0.3 is 5.97 Å². The lowest BCUT2D eigenvalue weighted by atomic mass is 10.2. The molecule has 0 saturated carbocycles. The third-order valence-corrected chi connectivity index (χ3v) is 3.43. The maximum atomic E-state index is 11.8. The number of benzene rings is 1. The highest BCUT2D eigenvalue weighted by Gasteiger charge is 2.10. The van der Waals surface area contributed by atoms with E-state index >= 15 is 0 Å². The lowest BCUT2D eigenvalue weighted by molar-refractivity contribution is -0.131. The molecule has 4 heteroatoms. The van der Waals surface area contributed by atoms with Crippen molar-refractivity contribution in [1.82, 2.24) is 0 Å². The summed E-state index contributed by atoms with van der Waals surface area (Å²) in [6.07, 6.45) is 2.55. The van der Waals surface area contributed by atoms with E-state index in [0.717, 1.165) is 16.9 Å². The minimum atomic E-state index is -2.27. The first-order valence-corrected chi connectivity index (χ1v) is 7.06. The van der Waals surface area contributed by atoms with E-state index in [9.17, 15) is 9.36 Å². The molecular formula is C11H13O3P.